The smallest absolute Gasteiger partial charge is 0.271 e. The van der Waals surface area contributed by atoms with Crippen molar-refractivity contribution in [2.75, 3.05) is 6.54 Å². The van der Waals surface area contributed by atoms with E-state index in [1.807, 2.05) is 40.9 Å². The van der Waals surface area contributed by atoms with E-state index in [4.69, 9.17) is 0 Å². The van der Waals surface area contributed by atoms with Gasteiger partial charge in [-0.2, -0.15) is 5.10 Å². The SMILES string of the molecule is Cn1cccc1C(=O)N1CCCCC1c1ccn[nH]1. The molecule has 1 N–H and O–H groups in total. The fourth-order valence-electron chi connectivity index (χ4n) is 2.78. The van der Waals surface area contributed by atoms with Crippen LogP contribution in [0, 0.1) is 0 Å². The van der Waals surface area contributed by atoms with Crippen LogP contribution in [0.15, 0.2) is 30.6 Å². The van der Waals surface area contributed by atoms with Gasteiger partial charge in [0.1, 0.15) is 5.69 Å². The molecule has 0 bridgehead atoms. The summed E-state index contributed by atoms with van der Waals surface area (Å²) in [5.74, 6) is 0.104. The first-order chi connectivity index (χ1) is 9.27. The minimum absolute atomic E-state index is 0.104. The zero-order valence-corrected chi connectivity index (χ0v) is 11.0. The number of nitrogens with zero attached hydrogens (tertiary/aromatic N) is 3. The topological polar surface area (TPSA) is 53.9 Å². The summed E-state index contributed by atoms with van der Waals surface area (Å²) in [4.78, 5) is 14.6. The van der Waals surface area contributed by atoms with Crippen LogP contribution >= 0.6 is 0 Å². The van der Waals surface area contributed by atoms with E-state index in [0.717, 1.165) is 37.2 Å². The van der Waals surface area contributed by atoms with Crippen molar-refractivity contribution in [1.29, 1.82) is 0 Å². The molecule has 0 spiro atoms. The van der Waals surface area contributed by atoms with Crippen molar-refractivity contribution >= 4 is 5.91 Å². The van der Waals surface area contributed by atoms with Crippen LogP contribution in [0.25, 0.3) is 0 Å². The Bertz CT molecular complexity index is 558. The number of aromatic nitrogens is 3. The van der Waals surface area contributed by atoms with Crippen LogP contribution in [-0.4, -0.2) is 32.1 Å². The third kappa shape index (κ3) is 2.16. The van der Waals surface area contributed by atoms with Crippen LogP contribution in [0.1, 0.15) is 41.5 Å². The number of amides is 1. The molecule has 0 aliphatic carbocycles. The molecule has 3 heterocycles. The van der Waals surface area contributed by atoms with E-state index >= 15 is 0 Å². The summed E-state index contributed by atoms with van der Waals surface area (Å²) in [7, 11) is 1.91. The molecule has 1 aliphatic heterocycles. The van der Waals surface area contributed by atoms with Crippen molar-refractivity contribution in [3.8, 4) is 0 Å². The Labute approximate surface area is 112 Å². The zero-order valence-electron chi connectivity index (χ0n) is 11.0. The highest BCUT2D eigenvalue weighted by Crippen LogP contribution is 2.30. The number of rotatable bonds is 2. The van der Waals surface area contributed by atoms with E-state index in [9.17, 15) is 4.79 Å². The summed E-state index contributed by atoms with van der Waals surface area (Å²) >= 11 is 0. The van der Waals surface area contributed by atoms with Gasteiger partial charge in [-0.25, -0.2) is 0 Å². The molecule has 5 heteroatoms. The molecule has 1 amide bonds. The van der Waals surface area contributed by atoms with Crippen LogP contribution in [0.2, 0.25) is 0 Å². The monoisotopic (exact) mass is 258 g/mol. The highest BCUT2D eigenvalue weighted by molar-refractivity contribution is 5.93. The van der Waals surface area contributed by atoms with Crippen LogP contribution in [0.3, 0.4) is 0 Å². The number of aryl methyl sites for hydroxylation is 1. The van der Waals surface area contributed by atoms with Crippen LogP contribution in [-0.2, 0) is 7.05 Å². The van der Waals surface area contributed by atoms with Gasteiger partial charge in [-0.3, -0.25) is 9.89 Å². The number of likely N-dealkylation sites (tertiary alicyclic amines) is 1. The Hall–Kier alpha value is -2.04. The number of piperidine rings is 1. The van der Waals surface area contributed by atoms with E-state index in [-0.39, 0.29) is 11.9 Å². The van der Waals surface area contributed by atoms with E-state index in [1.165, 1.54) is 0 Å². The Morgan fingerprint density at radius 1 is 1.42 bits per heavy atom. The fraction of sp³-hybridized carbons (Fsp3) is 0.429. The van der Waals surface area contributed by atoms with Crippen LogP contribution in [0.4, 0.5) is 0 Å². The molecule has 3 rings (SSSR count). The average Bonchev–Trinajstić information content (AvgIpc) is 3.09. The summed E-state index contributed by atoms with van der Waals surface area (Å²) in [6, 6.07) is 5.86. The number of hydrogen-bond donors (Lipinski definition) is 1. The van der Waals surface area contributed by atoms with E-state index in [1.54, 1.807) is 6.20 Å². The number of carbonyl (C=O) groups is 1. The minimum atomic E-state index is 0.104. The van der Waals surface area contributed by atoms with Crippen molar-refractivity contribution < 1.29 is 4.79 Å². The lowest BCUT2D eigenvalue weighted by molar-refractivity contribution is 0.0596. The number of hydrogen-bond acceptors (Lipinski definition) is 2. The van der Waals surface area contributed by atoms with Gasteiger partial charge in [-0.05, 0) is 37.5 Å². The lowest BCUT2D eigenvalue weighted by atomic mass is 9.99. The molecule has 2 aromatic heterocycles. The van der Waals surface area contributed by atoms with Gasteiger partial charge in [0.15, 0.2) is 0 Å². The molecule has 5 nitrogen and oxygen atoms in total. The summed E-state index contributed by atoms with van der Waals surface area (Å²) in [5.41, 5.74) is 1.77. The minimum Gasteiger partial charge on any atom is -0.347 e. The van der Waals surface area contributed by atoms with E-state index in [2.05, 4.69) is 10.2 Å². The van der Waals surface area contributed by atoms with Crippen molar-refractivity contribution in [3.63, 3.8) is 0 Å². The fourth-order valence-corrected chi connectivity index (χ4v) is 2.78. The highest BCUT2D eigenvalue weighted by Gasteiger charge is 2.30. The molecule has 1 unspecified atom stereocenters. The number of nitrogens with one attached hydrogen (secondary N) is 1. The third-order valence-electron chi connectivity index (χ3n) is 3.81. The van der Waals surface area contributed by atoms with Gasteiger partial charge in [0.05, 0.1) is 11.7 Å². The van der Waals surface area contributed by atoms with Crippen LogP contribution in [0.5, 0.6) is 0 Å². The van der Waals surface area contributed by atoms with E-state index in [0.29, 0.717) is 0 Å². The quantitative estimate of drug-likeness (QED) is 0.897. The number of carbonyl (C=O) groups excluding carboxylic acids is 1. The maximum atomic E-state index is 12.7. The van der Waals surface area contributed by atoms with Crippen molar-refractivity contribution in [2.24, 2.45) is 7.05 Å². The summed E-state index contributed by atoms with van der Waals surface area (Å²) in [6.45, 7) is 0.813. The lowest BCUT2D eigenvalue weighted by Gasteiger charge is -2.35. The van der Waals surface area contributed by atoms with E-state index < -0.39 is 0 Å². The molecule has 0 saturated carbocycles. The molecule has 100 valence electrons. The molecule has 19 heavy (non-hydrogen) atoms. The Kier molecular flexibility index (Phi) is 3.11. The van der Waals surface area contributed by atoms with Gasteiger partial charge in [0.2, 0.25) is 0 Å². The lowest BCUT2D eigenvalue weighted by Crippen LogP contribution is -2.39. The summed E-state index contributed by atoms with van der Waals surface area (Å²) in [5, 5.41) is 7.00. The predicted molar refractivity (Wildman–Crippen MR) is 71.6 cm³/mol. The van der Waals surface area contributed by atoms with Gasteiger partial charge >= 0.3 is 0 Å². The molecule has 2 aromatic rings. The van der Waals surface area contributed by atoms with Gasteiger partial charge in [0, 0.05) is 26.0 Å². The second-order valence-corrected chi connectivity index (χ2v) is 5.03. The van der Waals surface area contributed by atoms with Crippen LogP contribution < -0.4 is 0 Å². The largest absolute Gasteiger partial charge is 0.347 e. The second kappa shape index (κ2) is 4.91. The molecule has 1 fully saturated rings. The number of H-pyrrole nitrogens is 1. The standard InChI is InChI=1S/C14H18N4O/c1-17-9-4-6-13(17)14(19)18-10-3-2-5-12(18)11-7-8-15-16-11/h4,6-9,12H,2-3,5,10H2,1H3,(H,15,16). The maximum absolute atomic E-state index is 12.7. The summed E-state index contributed by atoms with van der Waals surface area (Å²) < 4.78 is 1.88. The molecule has 0 radical (unpaired) electrons. The first kappa shape index (κ1) is 12.0. The van der Waals surface area contributed by atoms with Gasteiger partial charge < -0.3 is 9.47 Å². The Morgan fingerprint density at radius 3 is 3.00 bits per heavy atom. The second-order valence-electron chi connectivity index (χ2n) is 5.03. The third-order valence-corrected chi connectivity index (χ3v) is 3.81. The predicted octanol–water partition coefficient (Wildman–Crippen LogP) is 2.12. The van der Waals surface area contributed by atoms with Gasteiger partial charge in [0.25, 0.3) is 5.91 Å². The maximum Gasteiger partial charge on any atom is 0.271 e. The Balaban J connectivity index is 1.89. The van der Waals surface area contributed by atoms with Crippen molar-refractivity contribution in [2.45, 2.75) is 25.3 Å². The number of aromatic amines is 1. The molecular weight excluding hydrogens is 240 g/mol. The average molecular weight is 258 g/mol. The first-order valence-corrected chi connectivity index (χ1v) is 6.69. The van der Waals surface area contributed by atoms with Crippen molar-refractivity contribution in [1.82, 2.24) is 19.7 Å². The van der Waals surface area contributed by atoms with Crippen molar-refractivity contribution in [3.05, 3.63) is 42.0 Å². The normalized spacial score (nSPS) is 19.6. The molecular formula is C14H18N4O. The summed E-state index contributed by atoms with van der Waals surface area (Å²) in [6.07, 6.45) is 6.87. The molecule has 1 aliphatic rings. The first-order valence-electron chi connectivity index (χ1n) is 6.69. The molecule has 1 atom stereocenters. The highest BCUT2D eigenvalue weighted by atomic mass is 16.2. The molecule has 0 aromatic carbocycles. The molecule has 1 saturated heterocycles. The van der Waals surface area contributed by atoms with Gasteiger partial charge in [-0.1, -0.05) is 0 Å². The Morgan fingerprint density at radius 2 is 2.32 bits per heavy atom. The zero-order chi connectivity index (χ0) is 13.2. The van der Waals surface area contributed by atoms with Gasteiger partial charge in [-0.15, -0.1) is 0 Å².